The highest BCUT2D eigenvalue weighted by atomic mass is 35.5. The van der Waals surface area contributed by atoms with Crippen LogP contribution < -0.4 is 5.32 Å². The summed E-state index contributed by atoms with van der Waals surface area (Å²) >= 11 is 5.67. The highest BCUT2D eigenvalue weighted by Gasteiger charge is 2.10. The maximum atomic E-state index is 11.7. The molecule has 0 unspecified atom stereocenters. The van der Waals surface area contributed by atoms with Crippen LogP contribution >= 0.6 is 11.6 Å². The maximum absolute atomic E-state index is 11.7. The minimum atomic E-state index is -0.367. The zero-order valence-corrected chi connectivity index (χ0v) is 9.53. The first kappa shape index (κ1) is 11.5. The molecule has 88 valence electrons. The second-order valence-electron chi connectivity index (χ2n) is 3.43. The van der Waals surface area contributed by atoms with E-state index < -0.39 is 0 Å². The Balaban J connectivity index is 2.04. The number of aromatic nitrogens is 2. The summed E-state index contributed by atoms with van der Waals surface area (Å²) in [5.41, 5.74) is 0.973. The molecule has 1 aromatic carbocycles. The number of aromatic amines is 1. The number of phenolic OH excluding ortho intramolecular Hbond substituents is 1. The van der Waals surface area contributed by atoms with Gasteiger partial charge in [0.15, 0.2) is 0 Å². The quantitative estimate of drug-likeness (QED) is 0.777. The molecule has 0 spiro atoms. The lowest BCUT2D eigenvalue weighted by Crippen LogP contribution is -2.23. The van der Waals surface area contributed by atoms with Crippen LogP contribution in [0.3, 0.4) is 0 Å². The Hall–Kier alpha value is -2.01. The molecule has 0 saturated heterocycles. The molecule has 0 aliphatic carbocycles. The van der Waals surface area contributed by atoms with Crippen LogP contribution in [0.2, 0.25) is 5.02 Å². The SMILES string of the molecule is O=C(NCc1ccn[nH]1)c1ccc(Cl)cc1O. The standard InChI is InChI=1S/C11H10ClN3O2/c12-7-1-2-9(10(16)5-7)11(17)13-6-8-3-4-14-15-8/h1-5,16H,6H2,(H,13,17)(H,14,15). The zero-order chi connectivity index (χ0) is 12.3. The van der Waals surface area contributed by atoms with Crippen LogP contribution in [0.25, 0.3) is 0 Å². The number of nitrogens with zero attached hydrogens (tertiary/aromatic N) is 1. The summed E-state index contributed by atoms with van der Waals surface area (Å²) in [6, 6.07) is 6.10. The Kier molecular flexibility index (Phi) is 3.30. The number of halogens is 1. The number of benzene rings is 1. The number of hydrogen-bond acceptors (Lipinski definition) is 3. The van der Waals surface area contributed by atoms with Gasteiger partial charge in [-0.25, -0.2) is 0 Å². The second-order valence-corrected chi connectivity index (χ2v) is 3.86. The molecular formula is C11H10ClN3O2. The van der Waals surface area contributed by atoms with Crippen molar-refractivity contribution in [3.05, 3.63) is 46.7 Å². The van der Waals surface area contributed by atoms with Gasteiger partial charge in [0.2, 0.25) is 0 Å². The molecule has 0 atom stereocenters. The number of aromatic hydroxyl groups is 1. The predicted octanol–water partition coefficient (Wildman–Crippen LogP) is 1.70. The predicted molar refractivity (Wildman–Crippen MR) is 62.9 cm³/mol. The Morgan fingerprint density at radius 2 is 2.29 bits per heavy atom. The van der Waals surface area contributed by atoms with Crippen molar-refractivity contribution in [3.63, 3.8) is 0 Å². The van der Waals surface area contributed by atoms with E-state index in [2.05, 4.69) is 15.5 Å². The van der Waals surface area contributed by atoms with Gasteiger partial charge in [0.05, 0.1) is 17.8 Å². The average molecular weight is 252 g/mol. The first-order valence-corrected chi connectivity index (χ1v) is 5.29. The third-order valence-corrected chi connectivity index (χ3v) is 2.44. The van der Waals surface area contributed by atoms with E-state index in [1.165, 1.54) is 12.1 Å². The largest absolute Gasteiger partial charge is 0.507 e. The summed E-state index contributed by atoms with van der Waals surface area (Å²) in [5, 5.41) is 19.1. The van der Waals surface area contributed by atoms with Gasteiger partial charge in [-0.3, -0.25) is 9.89 Å². The van der Waals surface area contributed by atoms with Crippen LogP contribution in [0.5, 0.6) is 5.75 Å². The van der Waals surface area contributed by atoms with Gasteiger partial charge in [0.1, 0.15) is 5.75 Å². The van der Waals surface area contributed by atoms with Gasteiger partial charge in [0.25, 0.3) is 5.91 Å². The Morgan fingerprint density at radius 1 is 1.47 bits per heavy atom. The van der Waals surface area contributed by atoms with Crippen LogP contribution in [0.4, 0.5) is 0 Å². The fourth-order valence-corrected chi connectivity index (χ4v) is 1.52. The number of nitrogens with one attached hydrogen (secondary N) is 2. The first-order chi connectivity index (χ1) is 8.16. The van der Waals surface area contributed by atoms with Crippen molar-refractivity contribution in [1.82, 2.24) is 15.5 Å². The second kappa shape index (κ2) is 4.88. The molecule has 0 fully saturated rings. The van der Waals surface area contributed by atoms with Crippen molar-refractivity contribution >= 4 is 17.5 Å². The van der Waals surface area contributed by atoms with Gasteiger partial charge in [-0.15, -0.1) is 0 Å². The first-order valence-electron chi connectivity index (χ1n) is 4.92. The third kappa shape index (κ3) is 2.76. The van der Waals surface area contributed by atoms with E-state index in [0.717, 1.165) is 5.69 Å². The molecule has 0 saturated carbocycles. The van der Waals surface area contributed by atoms with E-state index >= 15 is 0 Å². The zero-order valence-electron chi connectivity index (χ0n) is 8.77. The third-order valence-electron chi connectivity index (χ3n) is 2.20. The van der Waals surface area contributed by atoms with Crippen molar-refractivity contribution in [1.29, 1.82) is 0 Å². The molecule has 1 heterocycles. The minimum Gasteiger partial charge on any atom is -0.507 e. The number of phenols is 1. The fourth-order valence-electron chi connectivity index (χ4n) is 1.35. The molecule has 0 aliphatic heterocycles. The number of H-pyrrole nitrogens is 1. The molecule has 2 aromatic rings. The van der Waals surface area contributed by atoms with E-state index in [9.17, 15) is 9.90 Å². The summed E-state index contributed by atoms with van der Waals surface area (Å²) in [6.07, 6.45) is 1.60. The lowest BCUT2D eigenvalue weighted by atomic mass is 10.2. The molecular weight excluding hydrogens is 242 g/mol. The number of carbonyl (C=O) groups is 1. The van der Waals surface area contributed by atoms with Gasteiger partial charge in [-0.05, 0) is 24.3 Å². The van der Waals surface area contributed by atoms with Crippen LogP contribution in [0, 0.1) is 0 Å². The van der Waals surface area contributed by atoms with Crippen LogP contribution in [0.15, 0.2) is 30.5 Å². The van der Waals surface area contributed by atoms with Gasteiger partial charge in [0, 0.05) is 11.2 Å². The molecule has 0 aliphatic rings. The summed E-state index contributed by atoms with van der Waals surface area (Å²) in [7, 11) is 0. The van der Waals surface area contributed by atoms with Crippen molar-refractivity contribution < 1.29 is 9.90 Å². The fraction of sp³-hybridized carbons (Fsp3) is 0.0909. The normalized spacial score (nSPS) is 10.2. The smallest absolute Gasteiger partial charge is 0.255 e. The molecule has 3 N–H and O–H groups in total. The maximum Gasteiger partial charge on any atom is 0.255 e. The van der Waals surface area contributed by atoms with E-state index in [-0.39, 0.29) is 17.2 Å². The number of carbonyl (C=O) groups excluding carboxylic acids is 1. The Labute approximate surface area is 102 Å². The summed E-state index contributed by atoms with van der Waals surface area (Å²) < 4.78 is 0. The van der Waals surface area contributed by atoms with Gasteiger partial charge in [-0.1, -0.05) is 11.6 Å². The number of rotatable bonds is 3. The lowest BCUT2D eigenvalue weighted by molar-refractivity contribution is 0.0948. The molecule has 1 aromatic heterocycles. The molecule has 17 heavy (non-hydrogen) atoms. The molecule has 2 rings (SSSR count). The van der Waals surface area contributed by atoms with Crippen molar-refractivity contribution in [2.45, 2.75) is 6.54 Å². The van der Waals surface area contributed by atoms with Gasteiger partial charge < -0.3 is 10.4 Å². The molecule has 1 amide bonds. The Bertz CT molecular complexity index is 526. The van der Waals surface area contributed by atoms with Crippen LogP contribution in [-0.4, -0.2) is 21.2 Å². The van der Waals surface area contributed by atoms with Gasteiger partial charge in [-0.2, -0.15) is 5.10 Å². The highest BCUT2D eigenvalue weighted by molar-refractivity contribution is 6.30. The van der Waals surface area contributed by atoms with E-state index in [4.69, 9.17) is 11.6 Å². The van der Waals surface area contributed by atoms with E-state index in [1.807, 2.05) is 0 Å². The Morgan fingerprint density at radius 3 is 2.94 bits per heavy atom. The highest BCUT2D eigenvalue weighted by Crippen LogP contribution is 2.21. The van der Waals surface area contributed by atoms with Crippen LogP contribution in [-0.2, 0) is 6.54 Å². The lowest BCUT2D eigenvalue weighted by Gasteiger charge is -2.05. The monoisotopic (exact) mass is 251 g/mol. The number of amides is 1. The minimum absolute atomic E-state index is 0.139. The summed E-state index contributed by atoms with van der Waals surface area (Å²) in [5.74, 6) is -0.506. The molecule has 0 bridgehead atoms. The van der Waals surface area contributed by atoms with Crippen molar-refractivity contribution in [3.8, 4) is 5.75 Å². The molecule has 6 heteroatoms. The average Bonchev–Trinajstić information content (AvgIpc) is 2.78. The molecule has 0 radical (unpaired) electrons. The van der Waals surface area contributed by atoms with Crippen LogP contribution in [0.1, 0.15) is 16.1 Å². The summed E-state index contributed by atoms with van der Waals surface area (Å²) in [4.78, 5) is 11.7. The van der Waals surface area contributed by atoms with Crippen molar-refractivity contribution in [2.24, 2.45) is 0 Å². The van der Waals surface area contributed by atoms with E-state index in [1.54, 1.807) is 18.3 Å². The van der Waals surface area contributed by atoms with E-state index in [0.29, 0.717) is 11.6 Å². The number of hydrogen-bond donors (Lipinski definition) is 3. The van der Waals surface area contributed by atoms with Gasteiger partial charge >= 0.3 is 0 Å². The summed E-state index contributed by atoms with van der Waals surface area (Å²) in [6.45, 7) is 0.320. The van der Waals surface area contributed by atoms with Crippen molar-refractivity contribution in [2.75, 3.05) is 0 Å². The molecule has 5 nitrogen and oxygen atoms in total. The topological polar surface area (TPSA) is 78.0 Å².